The van der Waals surface area contributed by atoms with Crippen LogP contribution >= 0.6 is 0 Å². The Morgan fingerprint density at radius 1 is 1.18 bits per heavy atom. The highest BCUT2D eigenvalue weighted by Crippen LogP contribution is 2.29. The third-order valence-corrected chi connectivity index (χ3v) is 3.14. The SMILES string of the molecule is CCOC(=O)c1cc(OCCCOC)c2cc(F)ccc2c1. The van der Waals surface area contributed by atoms with Gasteiger partial charge in [0.2, 0.25) is 0 Å². The lowest BCUT2D eigenvalue weighted by atomic mass is 10.1. The van der Waals surface area contributed by atoms with Crippen LogP contribution in [0, 0.1) is 5.82 Å². The van der Waals surface area contributed by atoms with E-state index in [0.29, 0.717) is 42.9 Å². The van der Waals surface area contributed by atoms with Gasteiger partial charge in [-0.05, 0) is 36.6 Å². The van der Waals surface area contributed by atoms with Crippen molar-refractivity contribution >= 4 is 16.7 Å². The third-order valence-electron chi connectivity index (χ3n) is 3.14. The first-order valence-electron chi connectivity index (χ1n) is 7.18. The highest BCUT2D eigenvalue weighted by molar-refractivity contribution is 5.98. The van der Waals surface area contributed by atoms with Gasteiger partial charge in [0, 0.05) is 25.5 Å². The number of methoxy groups -OCH3 is 1. The summed E-state index contributed by atoms with van der Waals surface area (Å²) >= 11 is 0. The van der Waals surface area contributed by atoms with E-state index in [0.717, 1.165) is 5.39 Å². The van der Waals surface area contributed by atoms with Crippen LogP contribution in [-0.4, -0.2) is 32.9 Å². The lowest BCUT2D eigenvalue weighted by molar-refractivity contribution is 0.0526. The number of benzene rings is 2. The number of carbonyl (C=O) groups is 1. The summed E-state index contributed by atoms with van der Waals surface area (Å²) in [4.78, 5) is 11.9. The molecule has 0 atom stereocenters. The zero-order chi connectivity index (χ0) is 15.9. The molecular weight excluding hydrogens is 287 g/mol. The van der Waals surface area contributed by atoms with Crippen LogP contribution in [0.2, 0.25) is 0 Å². The van der Waals surface area contributed by atoms with Crippen LogP contribution in [0.3, 0.4) is 0 Å². The summed E-state index contributed by atoms with van der Waals surface area (Å²) in [5.74, 6) is -0.301. The fourth-order valence-corrected chi connectivity index (χ4v) is 2.13. The average molecular weight is 306 g/mol. The molecule has 0 aliphatic rings. The maximum atomic E-state index is 13.5. The van der Waals surface area contributed by atoms with Crippen molar-refractivity contribution in [2.45, 2.75) is 13.3 Å². The van der Waals surface area contributed by atoms with Crippen molar-refractivity contribution < 1.29 is 23.4 Å². The second-order valence-corrected chi connectivity index (χ2v) is 4.76. The highest BCUT2D eigenvalue weighted by atomic mass is 19.1. The molecule has 118 valence electrons. The molecule has 0 aromatic heterocycles. The summed E-state index contributed by atoms with van der Waals surface area (Å²) < 4.78 is 29.1. The van der Waals surface area contributed by atoms with Gasteiger partial charge in [0.25, 0.3) is 0 Å². The van der Waals surface area contributed by atoms with Gasteiger partial charge in [-0.2, -0.15) is 0 Å². The summed E-state index contributed by atoms with van der Waals surface area (Å²) in [5, 5.41) is 1.36. The molecule has 2 aromatic carbocycles. The molecule has 0 aliphatic heterocycles. The molecule has 22 heavy (non-hydrogen) atoms. The normalized spacial score (nSPS) is 10.7. The van der Waals surface area contributed by atoms with Crippen molar-refractivity contribution in [1.29, 1.82) is 0 Å². The van der Waals surface area contributed by atoms with E-state index in [1.54, 1.807) is 32.2 Å². The Morgan fingerprint density at radius 3 is 2.73 bits per heavy atom. The molecule has 2 rings (SSSR count). The molecule has 0 saturated carbocycles. The zero-order valence-electron chi connectivity index (χ0n) is 12.7. The Hall–Kier alpha value is -2.14. The van der Waals surface area contributed by atoms with Gasteiger partial charge in [-0.1, -0.05) is 6.07 Å². The Labute approximate surface area is 128 Å². The van der Waals surface area contributed by atoms with E-state index in [9.17, 15) is 9.18 Å². The smallest absolute Gasteiger partial charge is 0.338 e. The molecule has 0 bridgehead atoms. The van der Waals surface area contributed by atoms with Crippen LogP contribution in [-0.2, 0) is 9.47 Å². The van der Waals surface area contributed by atoms with Crippen molar-refractivity contribution in [2.75, 3.05) is 26.9 Å². The minimum atomic E-state index is -0.421. The number of hydrogen-bond donors (Lipinski definition) is 0. The van der Waals surface area contributed by atoms with E-state index in [1.165, 1.54) is 12.1 Å². The van der Waals surface area contributed by atoms with Crippen molar-refractivity contribution in [2.24, 2.45) is 0 Å². The van der Waals surface area contributed by atoms with E-state index in [-0.39, 0.29) is 5.82 Å². The first-order valence-corrected chi connectivity index (χ1v) is 7.18. The molecular formula is C17H19FO4. The Balaban J connectivity index is 2.35. The maximum Gasteiger partial charge on any atom is 0.338 e. The van der Waals surface area contributed by atoms with Crippen LogP contribution in [0.1, 0.15) is 23.7 Å². The summed E-state index contributed by atoms with van der Waals surface area (Å²) in [7, 11) is 1.62. The molecule has 0 fully saturated rings. The Bertz CT molecular complexity index is 654. The van der Waals surface area contributed by atoms with Crippen LogP contribution in [0.5, 0.6) is 5.75 Å². The maximum absolute atomic E-state index is 13.5. The lowest BCUT2D eigenvalue weighted by Crippen LogP contribution is -2.06. The predicted octanol–water partition coefficient (Wildman–Crippen LogP) is 3.57. The van der Waals surface area contributed by atoms with Gasteiger partial charge in [0.1, 0.15) is 11.6 Å². The van der Waals surface area contributed by atoms with Gasteiger partial charge in [0.05, 0.1) is 18.8 Å². The van der Waals surface area contributed by atoms with Crippen molar-refractivity contribution in [3.05, 3.63) is 41.7 Å². The summed E-state index contributed by atoms with van der Waals surface area (Å²) in [6.07, 6.45) is 0.705. The third kappa shape index (κ3) is 3.95. The van der Waals surface area contributed by atoms with Crippen molar-refractivity contribution in [3.63, 3.8) is 0 Å². The van der Waals surface area contributed by atoms with Crippen LogP contribution < -0.4 is 4.74 Å². The molecule has 5 heteroatoms. The molecule has 0 N–H and O–H groups in total. The topological polar surface area (TPSA) is 44.8 Å². The number of halogens is 1. The molecule has 2 aromatic rings. The van der Waals surface area contributed by atoms with Gasteiger partial charge < -0.3 is 14.2 Å². The van der Waals surface area contributed by atoms with Gasteiger partial charge in [-0.3, -0.25) is 0 Å². The fourth-order valence-electron chi connectivity index (χ4n) is 2.13. The Kier molecular flexibility index (Phi) is 5.72. The molecule has 0 spiro atoms. The van der Waals surface area contributed by atoms with Crippen LogP contribution in [0.4, 0.5) is 4.39 Å². The minimum absolute atomic E-state index is 0.296. The number of esters is 1. The van der Waals surface area contributed by atoms with Gasteiger partial charge >= 0.3 is 5.97 Å². The second-order valence-electron chi connectivity index (χ2n) is 4.76. The lowest BCUT2D eigenvalue weighted by Gasteiger charge is -2.12. The van der Waals surface area contributed by atoms with Crippen LogP contribution in [0.15, 0.2) is 30.3 Å². The monoisotopic (exact) mass is 306 g/mol. The molecule has 0 amide bonds. The minimum Gasteiger partial charge on any atom is -0.493 e. The number of fused-ring (bicyclic) bond motifs is 1. The summed E-state index contributed by atoms with van der Waals surface area (Å²) in [6.45, 7) is 3.04. The number of rotatable bonds is 7. The first-order chi connectivity index (χ1) is 10.7. The number of carbonyl (C=O) groups excluding carboxylic acids is 1. The highest BCUT2D eigenvalue weighted by Gasteiger charge is 2.12. The molecule has 0 aliphatic carbocycles. The van der Waals surface area contributed by atoms with E-state index < -0.39 is 5.97 Å². The quantitative estimate of drug-likeness (QED) is 0.579. The van der Waals surface area contributed by atoms with Gasteiger partial charge in [0.15, 0.2) is 0 Å². The predicted molar refractivity (Wildman–Crippen MR) is 81.9 cm³/mol. The van der Waals surface area contributed by atoms with E-state index in [4.69, 9.17) is 14.2 Å². The summed E-state index contributed by atoms with van der Waals surface area (Å²) in [5.41, 5.74) is 0.391. The second kappa shape index (κ2) is 7.75. The van der Waals surface area contributed by atoms with Gasteiger partial charge in [-0.15, -0.1) is 0 Å². The summed E-state index contributed by atoms with van der Waals surface area (Å²) in [6, 6.07) is 7.64. The largest absolute Gasteiger partial charge is 0.493 e. The zero-order valence-corrected chi connectivity index (χ0v) is 12.7. The van der Waals surface area contributed by atoms with Crippen molar-refractivity contribution in [1.82, 2.24) is 0 Å². The first kappa shape index (κ1) is 16.2. The Morgan fingerprint density at radius 2 is 2.00 bits per heavy atom. The van der Waals surface area contributed by atoms with Crippen molar-refractivity contribution in [3.8, 4) is 5.75 Å². The molecule has 4 nitrogen and oxygen atoms in total. The van der Waals surface area contributed by atoms with Gasteiger partial charge in [-0.25, -0.2) is 9.18 Å². The standard InChI is InChI=1S/C17H19FO4/c1-3-21-17(19)13-9-12-5-6-14(18)11-15(12)16(10-13)22-8-4-7-20-2/h5-6,9-11H,3-4,7-8H2,1-2H3. The molecule has 0 saturated heterocycles. The average Bonchev–Trinajstić information content (AvgIpc) is 2.51. The van der Waals surface area contributed by atoms with E-state index in [1.807, 2.05) is 0 Å². The van der Waals surface area contributed by atoms with E-state index >= 15 is 0 Å². The molecule has 0 radical (unpaired) electrons. The number of hydrogen-bond acceptors (Lipinski definition) is 4. The number of ether oxygens (including phenoxy) is 3. The van der Waals surface area contributed by atoms with Crippen LogP contribution in [0.25, 0.3) is 10.8 Å². The molecule has 0 unspecified atom stereocenters. The van der Waals surface area contributed by atoms with E-state index in [2.05, 4.69) is 0 Å². The molecule has 0 heterocycles. The fraction of sp³-hybridized carbons (Fsp3) is 0.353.